The zero-order valence-corrected chi connectivity index (χ0v) is 15.5. The molecular weight excluding hydrogens is 322 g/mol. The zero-order chi connectivity index (χ0) is 17.5. The van der Waals surface area contributed by atoms with Gasteiger partial charge in [-0.15, -0.1) is 11.8 Å². The molecule has 0 spiro atoms. The van der Waals surface area contributed by atoms with Gasteiger partial charge >= 0.3 is 5.97 Å². The molecule has 1 aliphatic carbocycles. The standard InChI is InChI=1S/C19H27NO3S/c1-13-8-7-11-17(14(13)2)20-19(22)15(3)23-18(21)12-24-16-9-5-4-6-10-16/h4-6,9-10,13-15,17H,7-8,11-12H2,1-3H3,(H,20,22)/t13-,14+,15+,17+/m0/s1. The average molecular weight is 349 g/mol. The van der Waals surface area contributed by atoms with Crippen LogP contribution in [0.2, 0.25) is 0 Å². The summed E-state index contributed by atoms with van der Waals surface area (Å²) in [4.78, 5) is 25.2. The maximum atomic E-state index is 12.3. The van der Waals surface area contributed by atoms with Gasteiger partial charge in [-0.05, 0) is 37.3 Å². The summed E-state index contributed by atoms with van der Waals surface area (Å²) in [6, 6.07) is 9.86. The van der Waals surface area contributed by atoms with E-state index in [0.717, 1.165) is 17.7 Å². The molecule has 1 amide bonds. The molecule has 0 heterocycles. The Labute approximate surface area is 148 Å². The first kappa shape index (κ1) is 18.8. The van der Waals surface area contributed by atoms with Crippen molar-refractivity contribution >= 4 is 23.6 Å². The number of hydrogen-bond donors (Lipinski definition) is 1. The highest BCUT2D eigenvalue weighted by molar-refractivity contribution is 8.00. The maximum absolute atomic E-state index is 12.3. The second kappa shape index (κ2) is 9.11. The van der Waals surface area contributed by atoms with Crippen molar-refractivity contribution < 1.29 is 14.3 Å². The van der Waals surface area contributed by atoms with E-state index in [2.05, 4.69) is 19.2 Å². The van der Waals surface area contributed by atoms with E-state index in [1.807, 2.05) is 30.3 Å². The number of esters is 1. The van der Waals surface area contributed by atoms with Crippen molar-refractivity contribution in [1.29, 1.82) is 0 Å². The van der Waals surface area contributed by atoms with Crippen molar-refractivity contribution in [1.82, 2.24) is 5.32 Å². The van der Waals surface area contributed by atoms with Crippen LogP contribution in [0.5, 0.6) is 0 Å². The van der Waals surface area contributed by atoms with E-state index in [4.69, 9.17) is 4.74 Å². The summed E-state index contributed by atoms with van der Waals surface area (Å²) in [5.74, 6) is 0.720. The van der Waals surface area contributed by atoms with Gasteiger partial charge in [-0.1, -0.05) is 44.9 Å². The minimum atomic E-state index is -0.752. The van der Waals surface area contributed by atoms with Gasteiger partial charge in [0.25, 0.3) is 5.91 Å². The smallest absolute Gasteiger partial charge is 0.317 e. The van der Waals surface area contributed by atoms with Crippen LogP contribution >= 0.6 is 11.8 Å². The second-order valence-corrected chi connectivity index (χ2v) is 7.66. The Balaban J connectivity index is 1.75. The number of amides is 1. The molecule has 132 valence electrons. The van der Waals surface area contributed by atoms with Gasteiger partial charge in [-0.2, -0.15) is 0 Å². The SMILES string of the molecule is C[C@@H]1[C@@H](C)CCC[C@H]1NC(=O)[C@@H](C)OC(=O)CSc1ccccc1. The monoisotopic (exact) mass is 349 g/mol. The van der Waals surface area contributed by atoms with Gasteiger partial charge in [0.1, 0.15) is 0 Å². The van der Waals surface area contributed by atoms with Crippen LogP contribution in [0.25, 0.3) is 0 Å². The molecule has 1 saturated carbocycles. The highest BCUT2D eigenvalue weighted by Crippen LogP contribution is 2.29. The molecule has 0 aromatic heterocycles. The van der Waals surface area contributed by atoms with E-state index in [1.54, 1.807) is 6.92 Å². The number of hydrogen-bond acceptors (Lipinski definition) is 4. The van der Waals surface area contributed by atoms with Gasteiger partial charge in [0.15, 0.2) is 6.10 Å². The molecule has 0 radical (unpaired) electrons. The van der Waals surface area contributed by atoms with Gasteiger partial charge in [-0.25, -0.2) is 0 Å². The molecule has 2 rings (SSSR count). The summed E-state index contributed by atoms with van der Waals surface area (Å²) in [5, 5.41) is 3.06. The van der Waals surface area contributed by atoms with E-state index in [0.29, 0.717) is 11.8 Å². The van der Waals surface area contributed by atoms with Crippen LogP contribution in [0.15, 0.2) is 35.2 Å². The Kier molecular flexibility index (Phi) is 7.16. The van der Waals surface area contributed by atoms with Gasteiger partial charge in [0.05, 0.1) is 5.75 Å². The number of benzene rings is 1. The highest BCUT2D eigenvalue weighted by atomic mass is 32.2. The molecule has 1 aliphatic rings. The summed E-state index contributed by atoms with van der Waals surface area (Å²) >= 11 is 1.41. The first-order valence-electron chi connectivity index (χ1n) is 8.65. The van der Waals surface area contributed by atoms with Crippen LogP contribution in [0.4, 0.5) is 0 Å². The van der Waals surface area contributed by atoms with Crippen LogP contribution in [0, 0.1) is 11.8 Å². The van der Waals surface area contributed by atoms with Crippen molar-refractivity contribution in [2.75, 3.05) is 5.75 Å². The molecule has 0 bridgehead atoms. The summed E-state index contributed by atoms with van der Waals surface area (Å²) in [7, 11) is 0. The summed E-state index contributed by atoms with van der Waals surface area (Å²) in [5.41, 5.74) is 0. The molecule has 1 aromatic carbocycles. The fraction of sp³-hybridized carbons (Fsp3) is 0.579. The average Bonchev–Trinajstić information content (AvgIpc) is 2.58. The van der Waals surface area contributed by atoms with Crippen LogP contribution in [-0.2, 0) is 14.3 Å². The minimum Gasteiger partial charge on any atom is -0.452 e. The van der Waals surface area contributed by atoms with Crippen molar-refractivity contribution in [3.8, 4) is 0 Å². The van der Waals surface area contributed by atoms with Crippen LogP contribution < -0.4 is 5.32 Å². The number of thioether (sulfide) groups is 1. The normalized spacial score (nSPS) is 24.9. The fourth-order valence-electron chi connectivity index (χ4n) is 3.03. The number of nitrogens with one attached hydrogen (secondary N) is 1. The number of rotatable bonds is 6. The predicted molar refractivity (Wildman–Crippen MR) is 96.8 cm³/mol. The first-order chi connectivity index (χ1) is 11.5. The van der Waals surface area contributed by atoms with E-state index < -0.39 is 6.10 Å². The largest absolute Gasteiger partial charge is 0.452 e. The molecule has 0 aliphatic heterocycles. The Bertz CT molecular complexity index is 549. The first-order valence-corrected chi connectivity index (χ1v) is 9.63. The fourth-order valence-corrected chi connectivity index (χ4v) is 3.73. The maximum Gasteiger partial charge on any atom is 0.317 e. The highest BCUT2D eigenvalue weighted by Gasteiger charge is 2.30. The Morgan fingerprint density at radius 2 is 1.96 bits per heavy atom. The summed E-state index contributed by atoms with van der Waals surface area (Å²) < 4.78 is 5.27. The third kappa shape index (κ3) is 5.55. The molecule has 1 aromatic rings. The lowest BCUT2D eigenvalue weighted by Crippen LogP contribution is -2.47. The second-order valence-electron chi connectivity index (χ2n) is 6.62. The Morgan fingerprint density at radius 1 is 1.25 bits per heavy atom. The Morgan fingerprint density at radius 3 is 2.67 bits per heavy atom. The van der Waals surface area contributed by atoms with E-state index >= 15 is 0 Å². The predicted octanol–water partition coefficient (Wildman–Crippen LogP) is 3.65. The minimum absolute atomic E-state index is 0.182. The van der Waals surface area contributed by atoms with Gasteiger partial charge < -0.3 is 10.1 Å². The quantitative estimate of drug-likeness (QED) is 0.629. The third-order valence-corrected chi connectivity index (χ3v) is 5.80. The lowest BCUT2D eigenvalue weighted by atomic mass is 9.78. The molecule has 0 saturated heterocycles. The van der Waals surface area contributed by atoms with Crippen LogP contribution in [0.3, 0.4) is 0 Å². The Hall–Kier alpha value is -1.49. The lowest BCUT2D eigenvalue weighted by molar-refractivity contribution is -0.152. The number of ether oxygens (including phenoxy) is 1. The topological polar surface area (TPSA) is 55.4 Å². The molecule has 1 fully saturated rings. The molecular formula is C19H27NO3S. The number of carbonyl (C=O) groups is 2. The van der Waals surface area contributed by atoms with Crippen molar-refractivity contribution in [2.24, 2.45) is 11.8 Å². The zero-order valence-electron chi connectivity index (χ0n) is 14.7. The van der Waals surface area contributed by atoms with E-state index in [-0.39, 0.29) is 23.7 Å². The molecule has 5 heteroatoms. The molecule has 24 heavy (non-hydrogen) atoms. The van der Waals surface area contributed by atoms with Gasteiger partial charge in [0.2, 0.25) is 0 Å². The number of carbonyl (C=O) groups excluding carboxylic acids is 2. The molecule has 4 nitrogen and oxygen atoms in total. The van der Waals surface area contributed by atoms with Crippen LogP contribution in [0.1, 0.15) is 40.0 Å². The van der Waals surface area contributed by atoms with Gasteiger partial charge in [-0.3, -0.25) is 9.59 Å². The van der Waals surface area contributed by atoms with E-state index in [9.17, 15) is 9.59 Å². The molecule has 0 unspecified atom stereocenters. The van der Waals surface area contributed by atoms with Gasteiger partial charge in [0, 0.05) is 10.9 Å². The molecule has 1 N–H and O–H groups in total. The van der Waals surface area contributed by atoms with Crippen molar-refractivity contribution in [3.63, 3.8) is 0 Å². The molecule has 4 atom stereocenters. The summed E-state index contributed by atoms with van der Waals surface area (Å²) in [6.45, 7) is 6.05. The van der Waals surface area contributed by atoms with Crippen molar-refractivity contribution in [2.45, 2.75) is 57.1 Å². The lowest BCUT2D eigenvalue weighted by Gasteiger charge is -2.35. The summed E-state index contributed by atoms with van der Waals surface area (Å²) in [6.07, 6.45) is 2.60. The van der Waals surface area contributed by atoms with Crippen LogP contribution in [-0.4, -0.2) is 29.8 Å². The van der Waals surface area contributed by atoms with E-state index in [1.165, 1.54) is 18.2 Å². The third-order valence-electron chi connectivity index (χ3n) is 4.81. The van der Waals surface area contributed by atoms with Crippen molar-refractivity contribution in [3.05, 3.63) is 30.3 Å².